The van der Waals surface area contributed by atoms with E-state index >= 15 is 0 Å². The Bertz CT molecular complexity index is 222. The van der Waals surface area contributed by atoms with Crippen molar-refractivity contribution in [2.24, 2.45) is 0 Å². The molecule has 12 heavy (non-hydrogen) atoms. The monoisotopic (exact) mass is 277 g/mol. The number of nitrogens with one attached hydrogen (secondary N) is 1. The number of likely N-dealkylation sites (N-methyl/N-ethyl adjacent to an activating group) is 1. The highest BCUT2D eigenvalue weighted by molar-refractivity contribution is 14.1. The fourth-order valence-corrected chi connectivity index (χ4v) is 1.27. The Morgan fingerprint density at radius 1 is 1.33 bits per heavy atom. The van der Waals surface area contributed by atoms with Crippen LogP contribution in [0.1, 0.15) is 5.56 Å². The maximum Gasteiger partial charge on any atom is 0.192 e. The zero-order valence-corrected chi connectivity index (χ0v) is 9.17. The van der Waals surface area contributed by atoms with Crippen molar-refractivity contribution in [1.82, 2.24) is 5.32 Å². The Labute approximate surface area is 87.0 Å². The molecule has 0 amide bonds. The van der Waals surface area contributed by atoms with Crippen LogP contribution in [0, 0.1) is 0 Å². The van der Waals surface area contributed by atoms with Crippen LogP contribution >= 0.6 is 23.0 Å². The van der Waals surface area contributed by atoms with Crippen molar-refractivity contribution >= 4 is 23.0 Å². The summed E-state index contributed by atoms with van der Waals surface area (Å²) in [7, 11) is 1.96. The second-order valence-electron chi connectivity index (χ2n) is 2.57. The van der Waals surface area contributed by atoms with Crippen molar-refractivity contribution < 1.29 is 3.07 Å². The largest absolute Gasteiger partial charge is 0.428 e. The first kappa shape index (κ1) is 9.80. The van der Waals surface area contributed by atoms with Crippen LogP contribution in [-0.2, 0) is 6.42 Å². The van der Waals surface area contributed by atoms with Gasteiger partial charge in [0.1, 0.15) is 5.75 Å². The normalized spacial score (nSPS) is 9.83. The van der Waals surface area contributed by atoms with Crippen LogP contribution in [-0.4, -0.2) is 13.6 Å². The molecule has 0 spiro atoms. The summed E-state index contributed by atoms with van der Waals surface area (Å²) in [5.74, 6) is 0.906. The molecule has 1 aromatic carbocycles. The van der Waals surface area contributed by atoms with Gasteiger partial charge in [-0.3, -0.25) is 0 Å². The lowest BCUT2D eigenvalue weighted by Crippen LogP contribution is -2.09. The minimum atomic E-state index is 0.906. The average molecular weight is 277 g/mol. The zero-order chi connectivity index (χ0) is 8.81. The maximum absolute atomic E-state index is 5.03. The van der Waals surface area contributed by atoms with Gasteiger partial charge in [-0.1, -0.05) is 12.1 Å². The first-order valence-electron chi connectivity index (χ1n) is 3.89. The third kappa shape index (κ3) is 2.98. The minimum Gasteiger partial charge on any atom is -0.428 e. The molecule has 66 valence electrons. The lowest BCUT2D eigenvalue weighted by atomic mass is 10.1. The second-order valence-corrected chi connectivity index (χ2v) is 3.02. The van der Waals surface area contributed by atoms with Crippen LogP contribution in [0.15, 0.2) is 24.3 Å². The van der Waals surface area contributed by atoms with E-state index in [0.29, 0.717) is 0 Å². The van der Waals surface area contributed by atoms with Crippen LogP contribution in [0.3, 0.4) is 0 Å². The van der Waals surface area contributed by atoms with Crippen molar-refractivity contribution in [3.8, 4) is 5.75 Å². The molecule has 0 unspecified atom stereocenters. The first-order valence-corrected chi connectivity index (χ1v) is 4.77. The molecule has 0 saturated carbocycles. The van der Waals surface area contributed by atoms with Gasteiger partial charge < -0.3 is 8.38 Å². The topological polar surface area (TPSA) is 21.3 Å². The molecule has 2 nitrogen and oxygen atoms in total. The summed E-state index contributed by atoms with van der Waals surface area (Å²) in [6.45, 7) is 1.02. The van der Waals surface area contributed by atoms with E-state index in [1.807, 2.05) is 42.2 Å². The molecule has 0 radical (unpaired) electrons. The second kappa shape index (κ2) is 5.37. The predicted octanol–water partition coefficient (Wildman–Crippen LogP) is 2.18. The highest BCUT2D eigenvalue weighted by Crippen LogP contribution is 2.14. The number of benzene rings is 1. The molecule has 1 aromatic rings. The summed E-state index contributed by atoms with van der Waals surface area (Å²) < 4.78 is 5.03. The summed E-state index contributed by atoms with van der Waals surface area (Å²) in [6.07, 6.45) is 1.07. The molecule has 0 atom stereocenters. The fourth-order valence-electron chi connectivity index (χ4n) is 0.977. The Balaban J connectivity index is 2.53. The molecule has 3 heteroatoms. The average Bonchev–Trinajstić information content (AvgIpc) is 2.15. The summed E-state index contributed by atoms with van der Waals surface area (Å²) in [5, 5.41) is 3.11. The van der Waals surface area contributed by atoms with Gasteiger partial charge in [0.15, 0.2) is 23.0 Å². The highest BCUT2D eigenvalue weighted by atomic mass is 127. The van der Waals surface area contributed by atoms with Gasteiger partial charge in [0, 0.05) is 0 Å². The Morgan fingerprint density at radius 2 is 2.00 bits per heavy atom. The SMILES string of the molecule is CNCCc1ccc(OI)cc1. The van der Waals surface area contributed by atoms with Crippen molar-refractivity contribution in [2.75, 3.05) is 13.6 Å². The van der Waals surface area contributed by atoms with Gasteiger partial charge in [-0.25, -0.2) is 0 Å². The predicted molar refractivity (Wildman–Crippen MR) is 58.7 cm³/mol. The van der Waals surface area contributed by atoms with E-state index in [1.165, 1.54) is 5.56 Å². The molecule has 0 saturated heterocycles. The van der Waals surface area contributed by atoms with Gasteiger partial charge in [-0.2, -0.15) is 0 Å². The van der Waals surface area contributed by atoms with Crippen molar-refractivity contribution in [3.63, 3.8) is 0 Å². The van der Waals surface area contributed by atoms with E-state index in [2.05, 4.69) is 17.4 Å². The molecule has 0 fully saturated rings. The summed E-state index contributed by atoms with van der Waals surface area (Å²) >= 11 is 1.88. The number of hydrogen-bond acceptors (Lipinski definition) is 2. The summed E-state index contributed by atoms with van der Waals surface area (Å²) in [6, 6.07) is 8.14. The number of rotatable bonds is 4. The molecule has 0 aliphatic carbocycles. The Kier molecular flexibility index (Phi) is 4.39. The van der Waals surface area contributed by atoms with E-state index < -0.39 is 0 Å². The first-order chi connectivity index (χ1) is 5.86. The third-order valence-corrected chi connectivity index (χ3v) is 2.18. The van der Waals surface area contributed by atoms with E-state index in [1.54, 1.807) is 0 Å². The molecular weight excluding hydrogens is 265 g/mol. The smallest absolute Gasteiger partial charge is 0.192 e. The van der Waals surface area contributed by atoms with Crippen LogP contribution in [0.25, 0.3) is 0 Å². The van der Waals surface area contributed by atoms with Crippen molar-refractivity contribution in [1.29, 1.82) is 0 Å². The highest BCUT2D eigenvalue weighted by Gasteiger charge is 1.93. The lowest BCUT2D eigenvalue weighted by Gasteiger charge is -2.01. The van der Waals surface area contributed by atoms with E-state index in [4.69, 9.17) is 3.07 Å². The molecule has 0 aliphatic heterocycles. The lowest BCUT2D eigenvalue weighted by molar-refractivity contribution is 0.715. The van der Waals surface area contributed by atoms with Gasteiger partial charge in [0.2, 0.25) is 0 Å². The molecule has 1 rings (SSSR count). The fraction of sp³-hybridized carbons (Fsp3) is 0.333. The van der Waals surface area contributed by atoms with E-state index in [-0.39, 0.29) is 0 Å². The van der Waals surface area contributed by atoms with Gasteiger partial charge in [0.25, 0.3) is 0 Å². The van der Waals surface area contributed by atoms with Crippen LogP contribution in [0.5, 0.6) is 5.75 Å². The van der Waals surface area contributed by atoms with Gasteiger partial charge in [-0.05, 0) is 37.7 Å². The van der Waals surface area contributed by atoms with Gasteiger partial charge in [-0.15, -0.1) is 0 Å². The maximum atomic E-state index is 5.03. The van der Waals surface area contributed by atoms with Gasteiger partial charge >= 0.3 is 0 Å². The molecule has 0 aliphatic rings. The molecule has 0 heterocycles. The molecule has 0 aromatic heterocycles. The zero-order valence-electron chi connectivity index (χ0n) is 7.01. The van der Waals surface area contributed by atoms with Crippen LogP contribution in [0.2, 0.25) is 0 Å². The Morgan fingerprint density at radius 3 is 2.50 bits per heavy atom. The van der Waals surface area contributed by atoms with Crippen molar-refractivity contribution in [3.05, 3.63) is 29.8 Å². The van der Waals surface area contributed by atoms with Crippen molar-refractivity contribution in [2.45, 2.75) is 6.42 Å². The summed E-state index contributed by atoms with van der Waals surface area (Å²) in [4.78, 5) is 0. The molecular formula is C9H12INO. The molecule has 0 bridgehead atoms. The standard InChI is InChI=1S/C9H12INO/c1-11-7-6-8-2-4-9(12-10)5-3-8/h2-5,11H,6-7H2,1H3. The quantitative estimate of drug-likeness (QED) is 0.852. The summed E-state index contributed by atoms with van der Waals surface area (Å²) in [5.41, 5.74) is 1.33. The Hall–Kier alpha value is -0.290. The number of halogens is 1. The van der Waals surface area contributed by atoms with E-state index in [0.717, 1.165) is 18.7 Å². The van der Waals surface area contributed by atoms with Crippen LogP contribution in [0.4, 0.5) is 0 Å². The van der Waals surface area contributed by atoms with Crippen LogP contribution < -0.4 is 8.38 Å². The third-order valence-electron chi connectivity index (χ3n) is 1.68. The van der Waals surface area contributed by atoms with Gasteiger partial charge in [0.05, 0.1) is 0 Å². The minimum absolute atomic E-state index is 0.906. The molecule has 1 N–H and O–H groups in total. The number of hydrogen-bond donors (Lipinski definition) is 1. The van der Waals surface area contributed by atoms with E-state index in [9.17, 15) is 0 Å².